The van der Waals surface area contributed by atoms with Gasteiger partial charge in [-0.3, -0.25) is 4.79 Å². The average molecular weight is 444 g/mol. The number of allylic oxidation sites excluding steroid dienone is 1. The number of aliphatic hydroxyl groups is 1. The number of amides is 1. The van der Waals surface area contributed by atoms with E-state index in [2.05, 4.69) is 13.8 Å². The summed E-state index contributed by atoms with van der Waals surface area (Å²) >= 11 is 0. The third-order valence-electron chi connectivity index (χ3n) is 6.42. The van der Waals surface area contributed by atoms with E-state index in [0.717, 1.165) is 25.1 Å². The number of hydrogen-bond acceptors (Lipinski definition) is 5. The number of carboxylic acid groups (broad SMARTS) is 1. The van der Waals surface area contributed by atoms with E-state index in [1.165, 1.54) is 26.4 Å². The molecule has 1 saturated heterocycles. The zero-order chi connectivity index (χ0) is 23.4. The molecule has 1 amide bonds. The number of benzene rings is 1. The van der Waals surface area contributed by atoms with Gasteiger partial charge >= 0.3 is 5.97 Å². The van der Waals surface area contributed by atoms with E-state index >= 15 is 0 Å². The molecule has 1 fully saturated rings. The number of methoxy groups -OCH3 is 2. The van der Waals surface area contributed by atoms with Gasteiger partial charge < -0.3 is 24.6 Å². The van der Waals surface area contributed by atoms with Gasteiger partial charge in [-0.1, -0.05) is 26.0 Å². The molecule has 0 saturated carbocycles. The summed E-state index contributed by atoms with van der Waals surface area (Å²) in [6.45, 7) is 5.76. The largest absolute Gasteiger partial charge is 0.501 e. The molecule has 174 valence electrons. The summed E-state index contributed by atoms with van der Waals surface area (Å²) in [6, 6.07) is 6.50. The highest BCUT2D eigenvalue weighted by molar-refractivity contribution is 5.87. The monoisotopic (exact) mass is 443 g/mol. The lowest BCUT2D eigenvalue weighted by Crippen LogP contribution is -2.44. The van der Waals surface area contributed by atoms with Crippen molar-refractivity contribution in [2.45, 2.75) is 38.7 Å². The number of aliphatic hydroxyl groups excluding tert-OH is 1. The fourth-order valence-electron chi connectivity index (χ4n) is 4.99. The summed E-state index contributed by atoms with van der Waals surface area (Å²) in [5, 5.41) is 20.2. The van der Waals surface area contributed by atoms with Crippen molar-refractivity contribution < 1.29 is 29.3 Å². The van der Waals surface area contributed by atoms with Crippen LogP contribution in [0.25, 0.3) is 0 Å². The van der Waals surface area contributed by atoms with Crippen LogP contribution in [-0.2, 0) is 14.3 Å². The van der Waals surface area contributed by atoms with Crippen LogP contribution in [0.15, 0.2) is 47.9 Å². The molecule has 1 aliphatic carbocycles. The Kier molecular flexibility index (Phi) is 7.61. The van der Waals surface area contributed by atoms with Crippen molar-refractivity contribution in [3.63, 3.8) is 0 Å². The molecule has 7 heteroatoms. The zero-order valence-corrected chi connectivity index (χ0v) is 19.2. The smallest absolute Gasteiger partial charge is 0.335 e. The van der Waals surface area contributed by atoms with E-state index in [-0.39, 0.29) is 17.9 Å². The van der Waals surface area contributed by atoms with Gasteiger partial charge in [-0.2, -0.15) is 0 Å². The topological polar surface area (TPSA) is 96.3 Å². The molecule has 32 heavy (non-hydrogen) atoms. The van der Waals surface area contributed by atoms with Gasteiger partial charge in [-0.05, 0) is 42.0 Å². The number of aromatic carboxylic acids is 1. The van der Waals surface area contributed by atoms with Crippen molar-refractivity contribution in [1.82, 2.24) is 4.90 Å². The van der Waals surface area contributed by atoms with Gasteiger partial charge in [0.1, 0.15) is 11.5 Å². The summed E-state index contributed by atoms with van der Waals surface area (Å²) in [4.78, 5) is 26.6. The molecule has 1 heterocycles. The van der Waals surface area contributed by atoms with Crippen molar-refractivity contribution in [2.75, 3.05) is 27.3 Å². The Hall–Kier alpha value is -2.80. The lowest BCUT2D eigenvalue weighted by molar-refractivity contribution is -0.134. The number of carbonyl (C=O) groups excluding carboxylic acids is 1. The highest BCUT2D eigenvalue weighted by atomic mass is 16.5. The standard InChI is InChI=1S/C25H33NO6/c1-15-9-16(2)14-26(13-15)23(28)12-20(17-5-7-18(8-6-17)25(29)30)24-21(27)10-19(31-3)11-22(24)32-4/h5-8,10-11,15-16,20-21,24,27H,9,12-14H2,1-4H3,(H,29,30)/t15-,16?,20?,21?,24-/m1/s1. The van der Waals surface area contributed by atoms with Crippen LogP contribution in [0.3, 0.4) is 0 Å². The number of nitrogens with zero attached hydrogens (tertiary/aromatic N) is 1. The zero-order valence-electron chi connectivity index (χ0n) is 19.2. The normalized spacial score (nSPS) is 26.6. The summed E-state index contributed by atoms with van der Waals surface area (Å²) < 4.78 is 10.9. The predicted molar refractivity (Wildman–Crippen MR) is 120 cm³/mol. The molecule has 0 radical (unpaired) electrons. The molecule has 2 N–H and O–H groups in total. The molecule has 1 aromatic rings. The molecule has 7 nitrogen and oxygen atoms in total. The highest BCUT2D eigenvalue weighted by Gasteiger charge is 2.38. The van der Waals surface area contributed by atoms with Gasteiger partial charge in [0.05, 0.1) is 31.8 Å². The maximum atomic E-state index is 13.4. The molecule has 1 aliphatic heterocycles. The highest BCUT2D eigenvalue weighted by Crippen LogP contribution is 2.40. The van der Waals surface area contributed by atoms with E-state index in [1.54, 1.807) is 24.3 Å². The fraction of sp³-hybridized carbons (Fsp3) is 0.520. The molecule has 0 aromatic heterocycles. The first-order chi connectivity index (χ1) is 15.2. The van der Waals surface area contributed by atoms with Gasteiger partial charge in [-0.25, -0.2) is 4.79 Å². The Labute approximate surface area is 189 Å². The van der Waals surface area contributed by atoms with Gasteiger partial charge in [-0.15, -0.1) is 0 Å². The first kappa shape index (κ1) is 23.9. The predicted octanol–water partition coefficient (Wildman–Crippen LogP) is 3.41. The second-order valence-electron chi connectivity index (χ2n) is 9.02. The summed E-state index contributed by atoms with van der Waals surface area (Å²) in [5.74, 6) is 0.0267. The number of ether oxygens (including phenoxy) is 2. The van der Waals surface area contributed by atoms with Crippen LogP contribution in [0.2, 0.25) is 0 Å². The minimum atomic E-state index is -1.01. The molecule has 2 aliphatic rings. The van der Waals surface area contributed by atoms with Crippen LogP contribution >= 0.6 is 0 Å². The Morgan fingerprint density at radius 2 is 1.72 bits per heavy atom. The molecule has 0 bridgehead atoms. The van der Waals surface area contributed by atoms with E-state index in [4.69, 9.17) is 9.47 Å². The minimum absolute atomic E-state index is 0.0277. The maximum absolute atomic E-state index is 13.4. The first-order valence-corrected chi connectivity index (χ1v) is 11.0. The number of piperidine rings is 1. The van der Waals surface area contributed by atoms with E-state index < -0.39 is 23.9 Å². The van der Waals surface area contributed by atoms with Crippen molar-refractivity contribution in [3.8, 4) is 0 Å². The third kappa shape index (κ3) is 5.33. The Balaban J connectivity index is 1.94. The minimum Gasteiger partial charge on any atom is -0.501 e. The number of carbonyl (C=O) groups is 2. The molecule has 1 aromatic carbocycles. The van der Waals surface area contributed by atoms with Crippen LogP contribution in [0, 0.1) is 17.8 Å². The summed E-state index contributed by atoms with van der Waals surface area (Å²) in [6.07, 6.45) is 3.71. The number of hydrogen-bond donors (Lipinski definition) is 2. The van der Waals surface area contributed by atoms with Crippen LogP contribution in [0.4, 0.5) is 0 Å². The van der Waals surface area contributed by atoms with E-state index in [0.29, 0.717) is 23.4 Å². The lowest BCUT2D eigenvalue weighted by atomic mass is 9.76. The molecule has 3 rings (SSSR count). The lowest BCUT2D eigenvalue weighted by Gasteiger charge is -2.38. The molecule has 5 atom stereocenters. The van der Waals surface area contributed by atoms with Gasteiger partial charge in [0.25, 0.3) is 0 Å². The number of carboxylic acids is 1. The van der Waals surface area contributed by atoms with Crippen LogP contribution in [0.1, 0.15) is 48.5 Å². The molecule has 3 unspecified atom stereocenters. The summed E-state index contributed by atoms with van der Waals surface area (Å²) in [5.41, 5.74) is 0.952. The molecule has 0 spiro atoms. The Morgan fingerprint density at radius 1 is 1.09 bits per heavy atom. The quantitative estimate of drug-likeness (QED) is 0.670. The second-order valence-corrected chi connectivity index (χ2v) is 9.02. The molecular formula is C25H33NO6. The Morgan fingerprint density at radius 3 is 2.25 bits per heavy atom. The SMILES string of the molecule is COC1=CC(O)[C@@H](C(CC(=O)N2CC(C)C[C@@H](C)C2)c2ccc(C(=O)O)cc2)C(OC)=C1. The van der Waals surface area contributed by atoms with Crippen LogP contribution < -0.4 is 0 Å². The Bertz CT molecular complexity index is 880. The second kappa shape index (κ2) is 10.2. The van der Waals surface area contributed by atoms with Gasteiger partial charge in [0.15, 0.2) is 0 Å². The van der Waals surface area contributed by atoms with Crippen molar-refractivity contribution >= 4 is 11.9 Å². The fourth-order valence-corrected chi connectivity index (χ4v) is 4.99. The van der Waals surface area contributed by atoms with Crippen LogP contribution in [0.5, 0.6) is 0 Å². The van der Waals surface area contributed by atoms with E-state index in [1.807, 2.05) is 4.90 Å². The first-order valence-electron chi connectivity index (χ1n) is 11.0. The van der Waals surface area contributed by atoms with Crippen molar-refractivity contribution in [2.24, 2.45) is 17.8 Å². The summed E-state index contributed by atoms with van der Waals surface area (Å²) in [7, 11) is 3.05. The molecular weight excluding hydrogens is 410 g/mol. The third-order valence-corrected chi connectivity index (χ3v) is 6.42. The van der Waals surface area contributed by atoms with Gasteiger partial charge in [0, 0.05) is 31.5 Å². The van der Waals surface area contributed by atoms with Crippen molar-refractivity contribution in [3.05, 3.63) is 59.1 Å². The van der Waals surface area contributed by atoms with Gasteiger partial charge in [0.2, 0.25) is 5.91 Å². The number of likely N-dealkylation sites (tertiary alicyclic amines) is 1. The maximum Gasteiger partial charge on any atom is 0.335 e. The van der Waals surface area contributed by atoms with E-state index in [9.17, 15) is 19.8 Å². The van der Waals surface area contributed by atoms with Crippen LogP contribution in [-0.4, -0.2) is 60.4 Å². The number of rotatable bonds is 7. The van der Waals surface area contributed by atoms with Crippen molar-refractivity contribution in [1.29, 1.82) is 0 Å². The average Bonchev–Trinajstić information content (AvgIpc) is 2.76.